The summed E-state index contributed by atoms with van der Waals surface area (Å²) in [5.41, 5.74) is 2.47. The maximum Gasteiger partial charge on any atom is 0.257 e. The van der Waals surface area contributed by atoms with E-state index in [9.17, 15) is 18.0 Å². The first kappa shape index (κ1) is 23.7. The summed E-state index contributed by atoms with van der Waals surface area (Å²) in [7, 11) is -3.73. The van der Waals surface area contributed by atoms with E-state index in [1.807, 2.05) is 25.1 Å². The van der Waals surface area contributed by atoms with Crippen molar-refractivity contribution >= 4 is 33.2 Å². The van der Waals surface area contributed by atoms with Gasteiger partial charge in [-0.1, -0.05) is 43.2 Å². The van der Waals surface area contributed by atoms with Gasteiger partial charge >= 0.3 is 0 Å². The van der Waals surface area contributed by atoms with Crippen LogP contribution in [0.2, 0.25) is 0 Å². The van der Waals surface area contributed by atoms with E-state index in [-0.39, 0.29) is 22.4 Å². The second-order valence-corrected chi connectivity index (χ2v) is 10.2. The van der Waals surface area contributed by atoms with Crippen LogP contribution in [0, 0.1) is 6.92 Å². The Kier molecular flexibility index (Phi) is 7.09. The number of carbonyl (C=O) groups excluding carboxylic acids is 2. The number of carbonyl (C=O) groups is 2. The molecule has 7 nitrogen and oxygen atoms in total. The van der Waals surface area contributed by atoms with Crippen LogP contribution in [0.1, 0.15) is 52.0 Å². The number of sulfonamides is 1. The van der Waals surface area contributed by atoms with Crippen LogP contribution in [-0.2, 0) is 10.0 Å². The lowest BCUT2D eigenvalue weighted by atomic mass is 10.1. The number of rotatable bonds is 7. The maximum atomic E-state index is 13.0. The molecular weight excluding hydrogens is 450 g/mol. The molecule has 0 spiro atoms. The summed E-state index contributed by atoms with van der Waals surface area (Å²) in [5, 5.41) is 5.58. The minimum absolute atomic E-state index is 0.0394. The van der Waals surface area contributed by atoms with Crippen molar-refractivity contribution in [3.05, 3.63) is 89.5 Å². The van der Waals surface area contributed by atoms with E-state index in [2.05, 4.69) is 15.4 Å². The molecule has 0 bridgehead atoms. The van der Waals surface area contributed by atoms with Gasteiger partial charge in [0.25, 0.3) is 11.8 Å². The standard InChI is InChI=1S/C26H27N3O4S/c1-18-8-6-12-21(16-18)27-26(31)23-14-4-5-15-24(23)28-25(30)19-9-7-13-22(17-19)34(32,33)29-20-10-2-3-11-20/h4-9,12-17,20,29H,2-3,10-11H2,1H3,(H,27,31)(H,28,30). The first-order valence-electron chi connectivity index (χ1n) is 11.2. The second kappa shape index (κ2) is 10.2. The first-order valence-corrected chi connectivity index (χ1v) is 12.7. The Morgan fingerprint density at radius 2 is 1.56 bits per heavy atom. The molecule has 3 aromatic rings. The van der Waals surface area contributed by atoms with E-state index in [1.165, 1.54) is 18.2 Å². The van der Waals surface area contributed by atoms with E-state index >= 15 is 0 Å². The minimum Gasteiger partial charge on any atom is -0.322 e. The van der Waals surface area contributed by atoms with Gasteiger partial charge in [-0.15, -0.1) is 0 Å². The molecule has 0 aromatic heterocycles. The van der Waals surface area contributed by atoms with Crippen LogP contribution in [0.25, 0.3) is 0 Å². The summed E-state index contributed by atoms with van der Waals surface area (Å²) in [4.78, 5) is 25.9. The second-order valence-electron chi connectivity index (χ2n) is 8.45. The third kappa shape index (κ3) is 5.70. The van der Waals surface area contributed by atoms with Crippen LogP contribution in [0.15, 0.2) is 77.7 Å². The van der Waals surface area contributed by atoms with Gasteiger partial charge in [0.15, 0.2) is 0 Å². The lowest BCUT2D eigenvalue weighted by Crippen LogP contribution is -2.32. The summed E-state index contributed by atoms with van der Waals surface area (Å²) < 4.78 is 28.3. The van der Waals surface area contributed by atoms with Crippen LogP contribution in [-0.4, -0.2) is 26.3 Å². The van der Waals surface area contributed by atoms with Crippen molar-refractivity contribution in [2.45, 2.75) is 43.5 Å². The summed E-state index contributed by atoms with van der Waals surface area (Å²) in [6, 6.07) is 19.9. The molecule has 0 aliphatic heterocycles. The summed E-state index contributed by atoms with van der Waals surface area (Å²) in [6.45, 7) is 1.93. The molecule has 1 aliphatic carbocycles. The molecule has 3 N–H and O–H groups in total. The Morgan fingerprint density at radius 3 is 2.32 bits per heavy atom. The molecule has 3 aromatic carbocycles. The lowest BCUT2D eigenvalue weighted by Gasteiger charge is -2.14. The quantitative estimate of drug-likeness (QED) is 0.458. The zero-order valence-electron chi connectivity index (χ0n) is 18.9. The third-order valence-electron chi connectivity index (χ3n) is 5.78. The van der Waals surface area contributed by atoms with Crippen molar-refractivity contribution in [3.8, 4) is 0 Å². The van der Waals surface area contributed by atoms with E-state index in [0.29, 0.717) is 16.9 Å². The number of para-hydroxylation sites is 1. The monoisotopic (exact) mass is 477 g/mol. The van der Waals surface area contributed by atoms with E-state index < -0.39 is 15.9 Å². The predicted octanol–water partition coefficient (Wildman–Crippen LogP) is 4.72. The Hall–Kier alpha value is -3.49. The van der Waals surface area contributed by atoms with Gasteiger partial charge < -0.3 is 10.6 Å². The number of hydrogen-bond acceptors (Lipinski definition) is 4. The highest BCUT2D eigenvalue weighted by molar-refractivity contribution is 7.89. The van der Waals surface area contributed by atoms with Gasteiger partial charge in [0.1, 0.15) is 0 Å². The number of hydrogen-bond donors (Lipinski definition) is 3. The average molecular weight is 478 g/mol. The molecule has 1 saturated carbocycles. The van der Waals surface area contributed by atoms with E-state index in [4.69, 9.17) is 0 Å². The smallest absolute Gasteiger partial charge is 0.257 e. The molecule has 8 heteroatoms. The molecule has 176 valence electrons. The average Bonchev–Trinajstić information content (AvgIpc) is 3.32. The molecule has 2 amide bonds. The number of anilines is 2. The van der Waals surface area contributed by atoms with Gasteiger partial charge in [-0.2, -0.15) is 0 Å². The van der Waals surface area contributed by atoms with Crippen LogP contribution in [0.4, 0.5) is 11.4 Å². The molecule has 4 rings (SSSR count). The first-order chi connectivity index (χ1) is 16.3. The topological polar surface area (TPSA) is 104 Å². The normalized spacial score (nSPS) is 14.0. The molecule has 1 aliphatic rings. The molecule has 1 fully saturated rings. The predicted molar refractivity (Wildman–Crippen MR) is 133 cm³/mol. The Labute approximate surface area is 199 Å². The summed E-state index contributed by atoms with van der Waals surface area (Å²) >= 11 is 0. The Morgan fingerprint density at radius 1 is 0.824 bits per heavy atom. The zero-order chi connectivity index (χ0) is 24.1. The van der Waals surface area contributed by atoms with Gasteiger partial charge in [0.2, 0.25) is 10.0 Å². The lowest BCUT2D eigenvalue weighted by molar-refractivity contribution is 0.102. The fourth-order valence-electron chi connectivity index (χ4n) is 4.04. The van der Waals surface area contributed by atoms with E-state index in [1.54, 1.807) is 36.4 Å². The van der Waals surface area contributed by atoms with Gasteiger partial charge in [-0.25, -0.2) is 13.1 Å². The Balaban J connectivity index is 1.51. The van der Waals surface area contributed by atoms with Crippen molar-refractivity contribution in [2.24, 2.45) is 0 Å². The van der Waals surface area contributed by atoms with Crippen molar-refractivity contribution in [1.82, 2.24) is 4.72 Å². The zero-order valence-corrected chi connectivity index (χ0v) is 19.7. The summed E-state index contributed by atoms with van der Waals surface area (Å²) in [5.74, 6) is -0.868. The SMILES string of the molecule is Cc1cccc(NC(=O)c2ccccc2NC(=O)c2cccc(S(=O)(=O)NC3CCCC3)c2)c1. The molecule has 34 heavy (non-hydrogen) atoms. The van der Waals surface area contributed by atoms with Gasteiger partial charge in [-0.05, 0) is 67.8 Å². The van der Waals surface area contributed by atoms with Crippen LogP contribution in [0.3, 0.4) is 0 Å². The third-order valence-corrected chi connectivity index (χ3v) is 7.30. The molecule has 0 radical (unpaired) electrons. The van der Waals surface area contributed by atoms with Crippen LogP contribution < -0.4 is 15.4 Å². The van der Waals surface area contributed by atoms with Gasteiger partial charge in [0.05, 0.1) is 16.1 Å². The van der Waals surface area contributed by atoms with E-state index in [0.717, 1.165) is 31.2 Å². The minimum atomic E-state index is -3.73. The van der Waals surface area contributed by atoms with Crippen molar-refractivity contribution in [3.63, 3.8) is 0 Å². The number of benzene rings is 3. The largest absolute Gasteiger partial charge is 0.322 e. The van der Waals surface area contributed by atoms with Gasteiger partial charge in [-0.3, -0.25) is 9.59 Å². The highest BCUT2D eigenvalue weighted by Crippen LogP contribution is 2.22. The highest BCUT2D eigenvalue weighted by atomic mass is 32.2. The number of amides is 2. The molecule has 0 heterocycles. The van der Waals surface area contributed by atoms with Crippen molar-refractivity contribution in [1.29, 1.82) is 0 Å². The molecular formula is C26H27N3O4S. The molecule has 0 unspecified atom stereocenters. The van der Waals surface area contributed by atoms with Crippen molar-refractivity contribution in [2.75, 3.05) is 10.6 Å². The maximum absolute atomic E-state index is 13.0. The fourth-order valence-corrected chi connectivity index (χ4v) is 5.39. The molecule has 0 atom stereocenters. The Bertz CT molecular complexity index is 1310. The highest BCUT2D eigenvalue weighted by Gasteiger charge is 2.24. The van der Waals surface area contributed by atoms with Crippen LogP contribution >= 0.6 is 0 Å². The molecule has 0 saturated heterocycles. The van der Waals surface area contributed by atoms with Crippen LogP contribution in [0.5, 0.6) is 0 Å². The van der Waals surface area contributed by atoms with Gasteiger partial charge in [0, 0.05) is 17.3 Å². The number of aryl methyl sites for hydroxylation is 1. The van der Waals surface area contributed by atoms with Crippen molar-refractivity contribution < 1.29 is 18.0 Å². The summed E-state index contributed by atoms with van der Waals surface area (Å²) in [6.07, 6.45) is 3.65. The fraction of sp³-hybridized carbons (Fsp3) is 0.231. The number of nitrogens with one attached hydrogen (secondary N) is 3.